The quantitative estimate of drug-likeness (QED) is 0.850. The van der Waals surface area contributed by atoms with Gasteiger partial charge in [-0.2, -0.15) is 0 Å². The third-order valence-electron chi connectivity index (χ3n) is 3.38. The molecule has 0 fully saturated rings. The number of nitrogens with zero attached hydrogens (tertiary/aromatic N) is 2. The monoisotopic (exact) mass is 325 g/mol. The van der Waals surface area contributed by atoms with Gasteiger partial charge in [-0.25, -0.2) is 22.5 Å². The molecule has 0 bridgehead atoms. The molecule has 22 heavy (non-hydrogen) atoms. The third kappa shape index (κ3) is 4.14. The molecule has 0 spiro atoms. The lowest BCUT2D eigenvalue weighted by Crippen LogP contribution is -2.32. The van der Waals surface area contributed by atoms with E-state index in [2.05, 4.69) is 9.71 Å². The fourth-order valence-corrected chi connectivity index (χ4v) is 3.54. The molecule has 1 unspecified atom stereocenters. The standard InChI is InChI=1S/C15H20FN3O2S/c1-3-4-11-22(20,21)18-14(15-17-9-10-19(15)2)12-5-7-13(16)8-6-12/h5-10,14,18H,3-4,11H2,1-2H3. The third-order valence-corrected chi connectivity index (χ3v) is 4.80. The molecule has 0 saturated heterocycles. The highest BCUT2D eigenvalue weighted by Gasteiger charge is 2.24. The maximum atomic E-state index is 13.1. The summed E-state index contributed by atoms with van der Waals surface area (Å²) in [7, 11) is -1.65. The van der Waals surface area contributed by atoms with Crippen LogP contribution in [0.4, 0.5) is 4.39 Å². The molecular weight excluding hydrogens is 305 g/mol. The fraction of sp³-hybridized carbons (Fsp3) is 0.400. The van der Waals surface area contributed by atoms with Crippen LogP contribution in [0.5, 0.6) is 0 Å². The van der Waals surface area contributed by atoms with Crippen molar-refractivity contribution in [1.29, 1.82) is 0 Å². The number of hydrogen-bond acceptors (Lipinski definition) is 3. The number of imidazole rings is 1. The van der Waals surface area contributed by atoms with Crippen LogP contribution in [0.25, 0.3) is 0 Å². The van der Waals surface area contributed by atoms with Gasteiger partial charge in [0.05, 0.1) is 5.75 Å². The van der Waals surface area contributed by atoms with Gasteiger partial charge in [-0.05, 0) is 24.1 Å². The van der Waals surface area contributed by atoms with E-state index in [0.29, 0.717) is 17.8 Å². The molecule has 1 aromatic carbocycles. The molecule has 0 amide bonds. The summed E-state index contributed by atoms with van der Waals surface area (Å²) >= 11 is 0. The highest BCUT2D eigenvalue weighted by Crippen LogP contribution is 2.22. The van der Waals surface area contributed by atoms with E-state index in [1.807, 2.05) is 6.92 Å². The number of benzene rings is 1. The fourth-order valence-electron chi connectivity index (χ4n) is 2.15. The summed E-state index contributed by atoms with van der Waals surface area (Å²) in [6.45, 7) is 1.94. The number of unbranched alkanes of at least 4 members (excludes halogenated alkanes) is 1. The number of rotatable bonds is 7. The van der Waals surface area contributed by atoms with Crippen LogP contribution in [-0.2, 0) is 17.1 Å². The van der Waals surface area contributed by atoms with Gasteiger partial charge >= 0.3 is 0 Å². The lowest BCUT2D eigenvalue weighted by Gasteiger charge is -2.19. The van der Waals surface area contributed by atoms with E-state index in [9.17, 15) is 12.8 Å². The Morgan fingerprint density at radius 3 is 2.55 bits per heavy atom. The summed E-state index contributed by atoms with van der Waals surface area (Å²) in [6, 6.07) is 5.12. The Hall–Kier alpha value is -1.73. The van der Waals surface area contributed by atoms with E-state index in [1.54, 1.807) is 36.1 Å². The minimum atomic E-state index is -3.44. The molecule has 7 heteroatoms. The molecule has 0 saturated carbocycles. The van der Waals surface area contributed by atoms with Gasteiger partial charge in [0, 0.05) is 19.4 Å². The summed E-state index contributed by atoms with van der Waals surface area (Å²) < 4.78 is 42.0. The lowest BCUT2D eigenvalue weighted by atomic mass is 10.1. The van der Waals surface area contributed by atoms with Gasteiger partial charge in [-0.15, -0.1) is 0 Å². The maximum Gasteiger partial charge on any atom is 0.212 e. The number of sulfonamides is 1. The second kappa shape index (κ2) is 7.02. The molecular formula is C15H20FN3O2S. The second-order valence-electron chi connectivity index (χ2n) is 5.17. The topological polar surface area (TPSA) is 64.0 Å². The Kier molecular flexibility index (Phi) is 5.31. The summed E-state index contributed by atoms with van der Waals surface area (Å²) in [5.41, 5.74) is 0.649. The van der Waals surface area contributed by atoms with Crippen LogP contribution in [0.15, 0.2) is 36.7 Å². The van der Waals surface area contributed by atoms with E-state index in [0.717, 1.165) is 6.42 Å². The minimum absolute atomic E-state index is 0.0611. The summed E-state index contributed by atoms with van der Waals surface area (Å²) in [6.07, 6.45) is 4.73. The number of hydrogen-bond donors (Lipinski definition) is 1. The number of aryl methyl sites for hydroxylation is 1. The van der Waals surface area contributed by atoms with E-state index in [1.165, 1.54) is 12.1 Å². The van der Waals surface area contributed by atoms with Gasteiger partial charge in [0.2, 0.25) is 10.0 Å². The van der Waals surface area contributed by atoms with Gasteiger partial charge in [0.25, 0.3) is 0 Å². The van der Waals surface area contributed by atoms with Crippen LogP contribution in [0.2, 0.25) is 0 Å². The second-order valence-corrected chi connectivity index (χ2v) is 7.04. The summed E-state index contributed by atoms with van der Waals surface area (Å²) in [5, 5.41) is 0. The first kappa shape index (κ1) is 16.6. The largest absolute Gasteiger partial charge is 0.336 e. The SMILES string of the molecule is CCCCS(=O)(=O)NC(c1ccc(F)cc1)c1nccn1C. The van der Waals surface area contributed by atoms with Crippen LogP contribution in [0, 0.1) is 5.82 Å². The molecule has 1 aromatic heterocycles. The van der Waals surface area contributed by atoms with Crippen molar-refractivity contribution in [2.75, 3.05) is 5.75 Å². The van der Waals surface area contributed by atoms with Crippen LogP contribution in [0.1, 0.15) is 37.2 Å². The van der Waals surface area contributed by atoms with Crippen LogP contribution >= 0.6 is 0 Å². The average molecular weight is 325 g/mol. The molecule has 0 aliphatic heterocycles. The lowest BCUT2D eigenvalue weighted by molar-refractivity contribution is 0.559. The highest BCUT2D eigenvalue weighted by molar-refractivity contribution is 7.89. The van der Waals surface area contributed by atoms with Gasteiger partial charge in [-0.1, -0.05) is 25.5 Å². The highest BCUT2D eigenvalue weighted by atomic mass is 32.2. The minimum Gasteiger partial charge on any atom is -0.336 e. The normalized spacial score (nSPS) is 13.2. The predicted molar refractivity (Wildman–Crippen MR) is 83.3 cm³/mol. The van der Waals surface area contributed by atoms with Crippen LogP contribution < -0.4 is 4.72 Å². The van der Waals surface area contributed by atoms with Crippen molar-refractivity contribution in [3.8, 4) is 0 Å². The average Bonchev–Trinajstić information content (AvgIpc) is 2.90. The summed E-state index contributed by atoms with van der Waals surface area (Å²) in [4.78, 5) is 4.22. The van der Waals surface area contributed by atoms with E-state index < -0.39 is 16.1 Å². The Morgan fingerprint density at radius 2 is 2.00 bits per heavy atom. The number of aromatic nitrogens is 2. The zero-order chi connectivity index (χ0) is 16.2. The van der Waals surface area contributed by atoms with Crippen molar-refractivity contribution < 1.29 is 12.8 Å². The molecule has 0 aliphatic carbocycles. The maximum absolute atomic E-state index is 13.1. The van der Waals surface area contributed by atoms with Crippen molar-refractivity contribution in [2.45, 2.75) is 25.8 Å². The van der Waals surface area contributed by atoms with Crippen LogP contribution in [0.3, 0.4) is 0 Å². The molecule has 0 aliphatic rings. The Morgan fingerprint density at radius 1 is 1.32 bits per heavy atom. The zero-order valence-electron chi connectivity index (χ0n) is 12.7. The Bertz CT molecular complexity index is 711. The van der Waals surface area contributed by atoms with Crippen molar-refractivity contribution in [3.05, 3.63) is 53.9 Å². The number of halogens is 1. The predicted octanol–water partition coefficient (Wildman–Crippen LogP) is 2.37. The van der Waals surface area contributed by atoms with Gasteiger partial charge in [-0.3, -0.25) is 0 Å². The molecule has 1 N–H and O–H groups in total. The van der Waals surface area contributed by atoms with E-state index in [-0.39, 0.29) is 11.6 Å². The molecule has 1 heterocycles. The van der Waals surface area contributed by atoms with Crippen molar-refractivity contribution in [2.24, 2.45) is 7.05 Å². The van der Waals surface area contributed by atoms with Crippen molar-refractivity contribution in [1.82, 2.24) is 14.3 Å². The molecule has 120 valence electrons. The Balaban J connectivity index is 2.34. The van der Waals surface area contributed by atoms with E-state index in [4.69, 9.17) is 0 Å². The van der Waals surface area contributed by atoms with Gasteiger partial charge in [0.15, 0.2) is 0 Å². The molecule has 2 aromatic rings. The molecule has 0 radical (unpaired) electrons. The number of nitrogens with one attached hydrogen (secondary N) is 1. The van der Waals surface area contributed by atoms with Crippen molar-refractivity contribution >= 4 is 10.0 Å². The first-order chi connectivity index (χ1) is 10.4. The van der Waals surface area contributed by atoms with Gasteiger partial charge < -0.3 is 4.57 Å². The molecule has 2 rings (SSSR count). The smallest absolute Gasteiger partial charge is 0.212 e. The Labute approximate surface area is 130 Å². The van der Waals surface area contributed by atoms with Crippen LogP contribution in [-0.4, -0.2) is 23.7 Å². The first-order valence-electron chi connectivity index (χ1n) is 7.15. The van der Waals surface area contributed by atoms with E-state index >= 15 is 0 Å². The van der Waals surface area contributed by atoms with Crippen molar-refractivity contribution in [3.63, 3.8) is 0 Å². The molecule has 5 nitrogen and oxygen atoms in total. The summed E-state index contributed by atoms with van der Waals surface area (Å²) in [5.74, 6) is 0.258. The first-order valence-corrected chi connectivity index (χ1v) is 8.81. The van der Waals surface area contributed by atoms with Gasteiger partial charge in [0.1, 0.15) is 17.7 Å². The molecule has 1 atom stereocenters. The zero-order valence-corrected chi connectivity index (χ0v) is 13.5.